The van der Waals surface area contributed by atoms with E-state index in [4.69, 9.17) is 16.6 Å². The van der Waals surface area contributed by atoms with Gasteiger partial charge in [0.2, 0.25) is 10.0 Å². The van der Waals surface area contributed by atoms with Gasteiger partial charge in [-0.15, -0.1) is 0 Å². The van der Waals surface area contributed by atoms with Crippen LogP contribution in [0.15, 0.2) is 11.0 Å². The molecule has 0 aliphatic heterocycles. The molecule has 1 heterocycles. The SMILES string of the molecule is Nc1cc(S(N)(=O)=O)c(C(F)F)c(N)n1. The van der Waals surface area contributed by atoms with Crippen LogP contribution in [0.25, 0.3) is 0 Å². The second kappa shape index (κ2) is 3.59. The van der Waals surface area contributed by atoms with Crippen molar-refractivity contribution in [3.05, 3.63) is 11.6 Å². The Balaban J connectivity index is 3.62. The van der Waals surface area contributed by atoms with Crippen molar-refractivity contribution in [3.8, 4) is 0 Å². The number of nitrogen functional groups attached to an aromatic ring is 2. The Labute approximate surface area is 84.1 Å². The molecule has 9 heteroatoms. The number of hydrogen-bond acceptors (Lipinski definition) is 5. The standard InChI is InChI=1S/C6H8F2N4O2S/c7-5(8)4-2(15(11,13)14)1-3(9)12-6(4)10/h1,5H,(H4,9,10,12)(H2,11,13,14). The van der Waals surface area contributed by atoms with Crippen molar-refractivity contribution >= 4 is 21.7 Å². The Morgan fingerprint density at radius 3 is 2.27 bits per heavy atom. The monoisotopic (exact) mass is 238 g/mol. The van der Waals surface area contributed by atoms with Crippen molar-refractivity contribution in [2.45, 2.75) is 11.3 Å². The third kappa shape index (κ3) is 2.30. The lowest BCUT2D eigenvalue weighted by Gasteiger charge is -2.09. The molecule has 1 rings (SSSR count). The summed E-state index contributed by atoms with van der Waals surface area (Å²) < 4.78 is 46.9. The van der Waals surface area contributed by atoms with Crippen molar-refractivity contribution in [3.63, 3.8) is 0 Å². The molecule has 0 aliphatic rings. The number of primary sulfonamides is 1. The molecular weight excluding hydrogens is 230 g/mol. The predicted octanol–water partition coefficient (Wildman–Crippen LogP) is -0.169. The fraction of sp³-hybridized carbons (Fsp3) is 0.167. The molecular formula is C6H8F2N4O2S. The van der Waals surface area contributed by atoms with E-state index >= 15 is 0 Å². The number of nitrogens with zero attached hydrogens (tertiary/aromatic N) is 1. The van der Waals surface area contributed by atoms with Gasteiger partial charge in [0.15, 0.2) is 0 Å². The molecule has 0 saturated heterocycles. The maximum absolute atomic E-state index is 12.5. The van der Waals surface area contributed by atoms with E-state index in [1.165, 1.54) is 0 Å². The van der Waals surface area contributed by atoms with Crippen molar-refractivity contribution in [1.29, 1.82) is 0 Å². The lowest BCUT2D eigenvalue weighted by molar-refractivity contribution is 0.148. The zero-order valence-electron chi connectivity index (χ0n) is 7.31. The fourth-order valence-electron chi connectivity index (χ4n) is 1.02. The van der Waals surface area contributed by atoms with Crippen LogP contribution in [-0.2, 0) is 10.0 Å². The summed E-state index contributed by atoms with van der Waals surface area (Å²) in [4.78, 5) is 2.52. The number of sulfonamides is 1. The summed E-state index contributed by atoms with van der Waals surface area (Å²) in [6.45, 7) is 0. The second-order valence-electron chi connectivity index (χ2n) is 2.69. The van der Waals surface area contributed by atoms with Gasteiger partial charge in [0.25, 0.3) is 6.43 Å². The van der Waals surface area contributed by atoms with Crippen LogP contribution in [0.5, 0.6) is 0 Å². The summed E-state index contributed by atoms with van der Waals surface area (Å²) in [6, 6.07) is 0.743. The number of nitrogens with two attached hydrogens (primary N) is 3. The summed E-state index contributed by atoms with van der Waals surface area (Å²) in [5.74, 6) is -0.935. The molecule has 0 radical (unpaired) electrons. The van der Waals surface area contributed by atoms with E-state index in [2.05, 4.69) is 4.98 Å². The molecule has 0 bridgehead atoms. The highest BCUT2D eigenvalue weighted by Crippen LogP contribution is 2.30. The first-order valence-corrected chi connectivity index (χ1v) is 5.15. The Hall–Kier alpha value is -1.48. The summed E-state index contributed by atoms with van der Waals surface area (Å²) in [5.41, 5.74) is 9.37. The highest BCUT2D eigenvalue weighted by atomic mass is 32.2. The van der Waals surface area contributed by atoms with Crippen LogP contribution in [-0.4, -0.2) is 13.4 Å². The summed E-state index contributed by atoms with van der Waals surface area (Å²) in [6.07, 6.45) is -3.09. The van der Waals surface area contributed by atoms with Crippen LogP contribution in [0.4, 0.5) is 20.4 Å². The Kier molecular flexibility index (Phi) is 2.77. The maximum atomic E-state index is 12.5. The molecule has 84 valence electrons. The smallest absolute Gasteiger partial charge is 0.268 e. The molecule has 15 heavy (non-hydrogen) atoms. The van der Waals surface area contributed by atoms with Crippen LogP contribution in [0.2, 0.25) is 0 Å². The molecule has 1 aromatic rings. The van der Waals surface area contributed by atoms with Crippen molar-refractivity contribution in [2.24, 2.45) is 5.14 Å². The number of halogens is 2. The van der Waals surface area contributed by atoms with E-state index in [0.717, 1.165) is 6.07 Å². The first-order chi connectivity index (χ1) is 6.73. The molecule has 0 atom stereocenters. The van der Waals surface area contributed by atoms with E-state index in [1.807, 2.05) is 0 Å². The van der Waals surface area contributed by atoms with Gasteiger partial charge < -0.3 is 11.5 Å². The number of hydrogen-bond donors (Lipinski definition) is 3. The number of anilines is 2. The maximum Gasteiger partial charge on any atom is 0.268 e. The Bertz CT molecular complexity index is 488. The first kappa shape index (κ1) is 11.6. The molecule has 6 nitrogen and oxygen atoms in total. The number of pyridine rings is 1. The molecule has 0 spiro atoms. The van der Waals surface area contributed by atoms with Gasteiger partial charge in [0.1, 0.15) is 11.6 Å². The highest BCUT2D eigenvalue weighted by molar-refractivity contribution is 7.89. The zero-order chi connectivity index (χ0) is 11.8. The molecule has 0 unspecified atom stereocenters. The lowest BCUT2D eigenvalue weighted by Crippen LogP contribution is -2.17. The highest BCUT2D eigenvalue weighted by Gasteiger charge is 2.24. The van der Waals surface area contributed by atoms with Crippen LogP contribution in [0.3, 0.4) is 0 Å². The van der Waals surface area contributed by atoms with Gasteiger partial charge in [-0.25, -0.2) is 27.3 Å². The largest absolute Gasteiger partial charge is 0.384 e. The minimum atomic E-state index is -4.30. The van der Waals surface area contributed by atoms with Gasteiger partial charge in [-0.3, -0.25) is 0 Å². The number of rotatable bonds is 2. The van der Waals surface area contributed by atoms with Gasteiger partial charge >= 0.3 is 0 Å². The minimum Gasteiger partial charge on any atom is -0.384 e. The van der Waals surface area contributed by atoms with Gasteiger partial charge in [-0.2, -0.15) is 0 Å². The number of aromatic nitrogens is 1. The van der Waals surface area contributed by atoms with Crippen LogP contribution in [0, 0.1) is 0 Å². The molecule has 6 N–H and O–H groups in total. The predicted molar refractivity (Wildman–Crippen MR) is 49.4 cm³/mol. The Morgan fingerprint density at radius 2 is 1.87 bits per heavy atom. The van der Waals surface area contributed by atoms with Crippen molar-refractivity contribution < 1.29 is 17.2 Å². The first-order valence-electron chi connectivity index (χ1n) is 3.60. The summed E-state index contributed by atoms with van der Waals surface area (Å²) in [5, 5.41) is 4.73. The zero-order valence-corrected chi connectivity index (χ0v) is 8.13. The van der Waals surface area contributed by atoms with Crippen molar-refractivity contribution in [1.82, 2.24) is 4.98 Å². The van der Waals surface area contributed by atoms with E-state index in [-0.39, 0.29) is 5.82 Å². The summed E-state index contributed by atoms with van der Waals surface area (Å²) in [7, 11) is -4.30. The Morgan fingerprint density at radius 1 is 1.33 bits per heavy atom. The average Bonchev–Trinajstić information content (AvgIpc) is 1.99. The fourth-order valence-corrected chi connectivity index (χ4v) is 1.81. The number of alkyl halides is 2. The van der Waals surface area contributed by atoms with Gasteiger partial charge in [-0.1, -0.05) is 0 Å². The third-order valence-electron chi connectivity index (χ3n) is 1.59. The van der Waals surface area contributed by atoms with Crippen LogP contribution >= 0.6 is 0 Å². The van der Waals surface area contributed by atoms with E-state index in [1.54, 1.807) is 0 Å². The normalized spacial score (nSPS) is 12.0. The van der Waals surface area contributed by atoms with Gasteiger partial charge in [-0.05, 0) is 0 Å². The third-order valence-corrected chi connectivity index (χ3v) is 2.55. The summed E-state index contributed by atoms with van der Waals surface area (Å²) >= 11 is 0. The van der Waals surface area contributed by atoms with E-state index in [9.17, 15) is 17.2 Å². The van der Waals surface area contributed by atoms with Crippen molar-refractivity contribution in [2.75, 3.05) is 11.5 Å². The molecule has 0 saturated carbocycles. The second-order valence-corrected chi connectivity index (χ2v) is 4.22. The van der Waals surface area contributed by atoms with Crippen LogP contribution < -0.4 is 16.6 Å². The molecule has 0 aromatic carbocycles. The van der Waals surface area contributed by atoms with Gasteiger partial charge in [0.05, 0.1) is 10.5 Å². The molecule has 0 amide bonds. The molecule has 1 aromatic heterocycles. The van der Waals surface area contributed by atoms with Gasteiger partial charge in [0, 0.05) is 6.07 Å². The average molecular weight is 238 g/mol. The molecule has 0 fully saturated rings. The molecule has 0 aliphatic carbocycles. The van der Waals surface area contributed by atoms with E-state index in [0.29, 0.717) is 0 Å². The van der Waals surface area contributed by atoms with E-state index < -0.39 is 32.7 Å². The van der Waals surface area contributed by atoms with Crippen LogP contribution in [0.1, 0.15) is 12.0 Å². The topological polar surface area (TPSA) is 125 Å². The lowest BCUT2D eigenvalue weighted by atomic mass is 10.2. The quantitative estimate of drug-likeness (QED) is 0.659. The minimum absolute atomic E-state index is 0.291.